The Bertz CT molecular complexity index is 1000. The molecule has 1 unspecified atom stereocenters. The maximum Gasteiger partial charge on any atom is 0.416 e. The predicted molar refractivity (Wildman–Crippen MR) is 109 cm³/mol. The molecule has 0 aliphatic carbocycles. The zero-order chi connectivity index (χ0) is 22.3. The molecule has 2 aromatic rings. The first-order chi connectivity index (χ1) is 14.6. The van der Waals surface area contributed by atoms with Gasteiger partial charge in [-0.1, -0.05) is 11.6 Å². The van der Waals surface area contributed by atoms with Gasteiger partial charge in [0, 0.05) is 18.1 Å². The summed E-state index contributed by atoms with van der Waals surface area (Å²) in [6, 6.07) is 1.57. The average molecular weight is 456 g/mol. The van der Waals surface area contributed by atoms with Gasteiger partial charge in [-0.05, 0) is 36.6 Å². The minimum absolute atomic E-state index is 0.0102. The topological polar surface area (TPSA) is 84.6 Å². The first-order valence-electron chi connectivity index (χ1n) is 9.79. The Kier molecular flexibility index (Phi) is 5.69. The molecule has 2 aliphatic rings. The van der Waals surface area contributed by atoms with Gasteiger partial charge in [0.1, 0.15) is 11.6 Å². The van der Waals surface area contributed by atoms with E-state index < -0.39 is 23.9 Å². The van der Waals surface area contributed by atoms with Crippen molar-refractivity contribution in [2.75, 3.05) is 36.9 Å². The fraction of sp³-hybridized carbons (Fsp3) is 0.450. The number of amides is 1. The SMILES string of the molecule is CC1c2c(Cl)cc(C(F)(F)F)cc2CCN1C(=O)[C@H]1CN(c2cncc(N)n2)CCO1. The van der Waals surface area contributed by atoms with E-state index in [2.05, 4.69) is 9.97 Å². The largest absolute Gasteiger partial charge is 0.416 e. The Hall–Kier alpha value is -2.59. The number of anilines is 2. The minimum atomic E-state index is -4.47. The molecule has 0 saturated carbocycles. The summed E-state index contributed by atoms with van der Waals surface area (Å²) in [7, 11) is 0. The summed E-state index contributed by atoms with van der Waals surface area (Å²) in [6.07, 6.45) is -1.92. The summed E-state index contributed by atoms with van der Waals surface area (Å²) in [5.41, 5.74) is 5.98. The lowest BCUT2D eigenvalue weighted by atomic mass is 9.91. The summed E-state index contributed by atoms with van der Waals surface area (Å²) in [5.74, 6) is 0.595. The smallest absolute Gasteiger partial charge is 0.382 e. The maximum atomic E-state index is 13.2. The highest BCUT2D eigenvalue weighted by atomic mass is 35.5. The van der Waals surface area contributed by atoms with Crippen LogP contribution in [0.15, 0.2) is 24.5 Å². The van der Waals surface area contributed by atoms with E-state index in [1.807, 2.05) is 4.90 Å². The third-order valence-electron chi connectivity index (χ3n) is 5.64. The van der Waals surface area contributed by atoms with E-state index in [0.717, 1.165) is 12.1 Å². The van der Waals surface area contributed by atoms with Crippen LogP contribution in [0.2, 0.25) is 5.02 Å². The monoisotopic (exact) mass is 455 g/mol. The number of fused-ring (bicyclic) bond motifs is 1. The molecule has 2 aliphatic heterocycles. The molecule has 2 N–H and O–H groups in total. The van der Waals surface area contributed by atoms with Crippen LogP contribution in [0.3, 0.4) is 0 Å². The summed E-state index contributed by atoms with van der Waals surface area (Å²) in [4.78, 5) is 25.0. The number of benzene rings is 1. The van der Waals surface area contributed by atoms with Crippen molar-refractivity contribution in [3.05, 3.63) is 46.2 Å². The number of ether oxygens (including phenoxy) is 1. The second-order valence-electron chi connectivity index (χ2n) is 7.59. The number of alkyl halides is 3. The lowest BCUT2D eigenvalue weighted by Crippen LogP contribution is -2.53. The molecule has 1 amide bonds. The van der Waals surface area contributed by atoms with Gasteiger partial charge in [-0.3, -0.25) is 9.78 Å². The van der Waals surface area contributed by atoms with Crippen molar-refractivity contribution >= 4 is 29.1 Å². The van der Waals surface area contributed by atoms with Crippen molar-refractivity contribution in [3.63, 3.8) is 0 Å². The van der Waals surface area contributed by atoms with Gasteiger partial charge in [0.2, 0.25) is 0 Å². The molecule has 1 fully saturated rings. The molecule has 0 bridgehead atoms. The van der Waals surface area contributed by atoms with Crippen molar-refractivity contribution in [3.8, 4) is 0 Å². The van der Waals surface area contributed by atoms with E-state index in [1.54, 1.807) is 18.0 Å². The molecule has 11 heteroatoms. The molecule has 3 heterocycles. The van der Waals surface area contributed by atoms with E-state index >= 15 is 0 Å². The number of aromatic nitrogens is 2. The summed E-state index contributed by atoms with van der Waals surface area (Å²) in [5, 5.41) is 0.0102. The van der Waals surface area contributed by atoms with E-state index in [9.17, 15) is 18.0 Å². The number of morpholine rings is 1. The van der Waals surface area contributed by atoms with Crippen molar-refractivity contribution in [2.24, 2.45) is 0 Å². The van der Waals surface area contributed by atoms with Gasteiger partial charge in [-0.25, -0.2) is 4.98 Å². The van der Waals surface area contributed by atoms with Crippen LogP contribution in [0, 0.1) is 0 Å². The van der Waals surface area contributed by atoms with Crippen LogP contribution in [-0.4, -0.2) is 53.1 Å². The van der Waals surface area contributed by atoms with Crippen LogP contribution in [-0.2, 0) is 22.1 Å². The second-order valence-corrected chi connectivity index (χ2v) is 8.00. The first-order valence-corrected chi connectivity index (χ1v) is 10.2. The van der Waals surface area contributed by atoms with Crippen LogP contribution < -0.4 is 10.6 Å². The van der Waals surface area contributed by atoms with Gasteiger partial charge in [0.15, 0.2) is 6.10 Å². The standard InChI is InChI=1S/C20H21ClF3N5O2/c1-11-18-12(6-13(7-14(18)21)20(22,23)24)2-3-29(11)19(30)15-10-28(4-5-31-15)17-9-26-8-16(25)27-17/h6-9,11,15H,2-5,10H2,1H3,(H2,25,27)/t11?,15-/m1/s1. The van der Waals surface area contributed by atoms with E-state index in [-0.39, 0.29) is 36.3 Å². The summed E-state index contributed by atoms with van der Waals surface area (Å²) in [6.45, 7) is 3.17. The van der Waals surface area contributed by atoms with Gasteiger partial charge in [-0.15, -0.1) is 0 Å². The van der Waals surface area contributed by atoms with Gasteiger partial charge < -0.3 is 20.3 Å². The van der Waals surface area contributed by atoms with Gasteiger partial charge >= 0.3 is 6.18 Å². The Labute approximate surface area is 182 Å². The van der Waals surface area contributed by atoms with E-state index in [1.165, 1.54) is 6.20 Å². The highest BCUT2D eigenvalue weighted by Gasteiger charge is 2.38. The normalized spacial score (nSPS) is 21.7. The lowest BCUT2D eigenvalue weighted by Gasteiger charge is -2.40. The zero-order valence-electron chi connectivity index (χ0n) is 16.7. The van der Waals surface area contributed by atoms with Crippen LogP contribution in [0.1, 0.15) is 29.7 Å². The van der Waals surface area contributed by atoms with E-state index in [4.69, 9.17) is 22.1 Å². The number of carbonyl (C=O) groups excluding carboxylic acids is 1. The number of nitrogens with two attached hydrogens (primary N) is 1. The molecule has 1 aromatic carbocycles. The number of nitrogens with zero attached hydrogens (tertiary/aromatic N) is 4. The third kappa shape index (κ3) is 4.27. The lowest BCUT2D eigenvalue weighted by molar-refractivity contribution is -0.147. The maximum absolute atomic E-state index is 13.2. The second kappa shape index (κ2) is 8.16. The Morgan fingerprint density at radius 1 is 1.29 bits per heavy atom. The van der Waals surface area contributed by atoms with Gasteiger partial charge in [-0.2, -0.15) is 13.2 Å². The molecule has 4 rings (SSSR count). The van der Waals surface area contributed by atoms with Crippen LogP contribution in [0.5, 0.6) is 0 Å². The van der Waals surface area contributed by atoms with Crippen molar-refractivity contribution in [1.82, 2.24) is 14.9 Å². The molecular formula is C20H21ClF3N5O2. The number of halogens is 4. The molecule has 166 valence electrons. The Morgan fingerprint density at radius 3 is 2.77 bits per heavy atom. The van der Waals surface area contributed by atoms with Crippen molar-refractivity contribution in [2.45, 2.75) is 31.7 Å². The summed E-state index contributed by atoms with van der Waals surface area (Å²) < 4.78 is 45.1. The fourth-order valence-electron chi connectivity index (χ4n) is 4.12. The number of hydrogen-bond acceptors (Lipinski definition) is 6. The number of nitrogen functional groups attached to an aromatic ring is 1. The molecule has 0 radical (unpaired) electrons. The van der Waals surface area contributed by atoms with Crippen molar-refractivity contribution < 1.29 is 22.7 Å². The van der Waals surface area contributed by atoms with E-state index in [0.29, 0.717) is 30.1 Å². The first kappa shape index (κ1) is 21.6. The van der Waals surface area contributed by atoms with Crippen molar-refractivity contribution in [1.29, 1.82) is 0 Å². The highest BCUT2D eigenvalue weighted by Crippen LogP contribution is 2.40. The quantitative estimate of drug-likeness (QED) is 0.749. The highest BCUT2D eigenvalue weighted by molar-refractivity contribution is 6.31. The summed E-state index contributed by atoms with van der Waals surface area (Å²) >= 11 is 6.22. The van der Waals surface area contributed by atoms with Gasteiger partial charge in [0.05, 0.1) is 37.2 Å². The molecule has 7 nitrogen and oxygen atoms in total. The number of hydrogen-bond donors (Lipinski definition) is 1. The average Bonchev–Trinajstić information content (AvgIpc) is 2.72. The molecule has 1 saturated heterocycles. The van der Waals surface area contributed by atoms with Crippen LogP contribution >= 0.6 is 11.6 Å². The predicted octanol–water partition coefficient (Wildman–Crippen LogP) is 3.08. The van der Waals surface area contributed by atoms with Crippen LogP contribution in [0.25, 0.3) is 0 Å². The third-order valence-corrected chi connectivity index (χ3v) is 5.95. The zero-order valence-corrected chi connectivity index (χ0v) is 17.5. The van der Waals surface area contributed by atoms with Crippen LogP contribution in [0.4, 0.5) is 24.8 Å². The fourth-order valence-corrected chi connectivity index (χ4v) is 4.52. The Morgan fingerprint density at radius 2 is 2.06 bits per heavy atom. The minimum Gasteiger partial charge on any atom is -0.382 e. The van der Waals surface area contributed by atoms with Gasteiger partial charge in [0.25, 0.3) is 5.91 Å². The molecule has 1 aromatic heterocycles. The number of rotatable bonds is 2. The number of carbonyl (C=O) groups is 1. The Balaban J connectivity index is 1.53. The molecular weight excluding hydrogens is 435 g/mol. The molecule has 2 atom stereocenters. The molecule has 0 spiro atoms. The molecule has 31 heavy (non-hydrogen) atoms.